The highest BCUT2D eigenvalue weighted by molar-refractivity contribution is 5.83. The molecule has 138 valence electrons. The Kier molecular flexibility index (Phi) is 5.81. The molecule has 0 bridgehead atoms. The Balaban J connectivity index is 2.14. The van der Waals surface area contributed by atoms with Crippen LogP contribution < -0.4 is 5.32 Å². The van der Waals surface area contributed by atoms with Crippen molar-refractivity contribution in [2.45, 2.75) is 39.4 Å². The van der Waals surface area contributed by atoms with Crippen molar-refractivity contribution in [3.63, 3.8) is 0 Å². The first kappa shape index (κ1) is 18.9. The molecule has 0 aliphatic rings. The number of fused-ring (bicyclic) bond motifs is 1. The average Bonchev–Trinajstić information content (AvgIpc) is 2.97. The van der Waals surface area contributed by atoms with E-state index in [4.69, 9.17) is 0 Å². The Hall–Kier alpha value is -2.39. The minimum atomic E-state index is -4.56. The van der Waals surface area contributed by atoms with Crippen LogP contribution in [-0.4, -0.2) is 50.5 Å². The van der Waals surface area contributed by atoms with Gasteiger partial charge in [0.1, 0.15) is 6.33 Å². The van der Waals surface area contributed by atoms with Gasteiger partial charge < -0.3 is 14.8 Å². The topological polar surface area (TPSA) is 75.9 Å². The predicted molar refractivity (Wildman–Crippen MR) is 87.0 cm³/mol. The molecule has 0 atom stereocenters. The van der Waals surface area contributed by atoms with Crippen molar-refractivity contribution in [1.29, 1.82) is 0 Å². The fourth-order valence-electron chi connectivity index (χ4n) is 2.50. The van der Waals surface area contributed by atoms with Gasteiger partial charge in [-0.1, -0.05) is 6.92 Å². The number of carbonyl (C=O) groups is 1. The smallest absolute Gasteiger partial charge is 0.368 e. The van der Waals surface area contributed by atoms with Gasteiger partial charge in [-0.25, -0.2) is 15.0 Å². The summed E-state index contributed by atoms with van der Waals surface area (Å²) in [6, 6.07) is 0. The Morgan fingerprint density at radius 1 is 1.32 bits per heavy atom. The highest BCUT2D eigenvalue weighted by atomic mass is 19.4. The van der Waals surface area contributed by atoms with E-state index >= 15 is 0 Å². The number of carbonyl (C=O) groups excluding carboxylic acids is 1. The lowest BCUT2D eigenvalue weighted by Crippen LogP contribution is -2.28. The van der Waals surface area contributed by atoms with Crippen LogP contribution in [0.5, 0.6) is 0 Å². The van der Waals surface area contributed by atoms with E-state index < -0.39 is 12.0 Å². The van der Waals surface area contributed by atoms with Crippen molar-refractivity contribution < 1.29 is 18.0 Å². The molecular formula is C15H21F3N6O. The maximum absolute atomic E-state index is 13.1. The summed E-state index contributed by atoms with van der Waals surface area (Å²) in [7, 11) is 1.72. The molecule has 0 fully saturated rings. The third-order valence-corrected chi connectivity index (χ3v) is 3.79. The lowest BCUT2D eigenvalue weighted by Gasteiger charge is -2.16. The van der Waals surface area contributed by atoms with Crippen molar-refractivity contribution in [2.24, 2.45) is 0 Å². The number of nitrogens with zero attached hydrogens (tertiary/aromatic N) is 5. The highest BCUT2D eigenvalue weighted by Gasteiger charge is 2.38. The Bertz CT molecular complexity index is 743. The molecule has 7 nitrogen and oxygen atoms in total. The van der Waals surface area contributed by atoms with Crippen LogP contribution in [0.25, 0.3) is 11.2 Å². The average molecular weight is 358 g/mol. The molecule has 0 spiro atoms. The molecule has 2 rings (SSSR count). The van der Waals surface area contributed by atoms with E-state index in [9.17, 15) is 18.0 Å². The number of nitrogens with one attached hydrogen (secondary N) is 1. The lowest BCUT2D eigenvalue weighted by molar-refractivity contribution is -0.146. The molecule has 2 aromatic rings. The van der Waals surface area contributed by atoms with Gasteiger partial charge in [0.15, 0.2) is 17.0 Å². The van der Waals surface area contributed by atoms with Gasteiger partial charge in [-0.05, 0) is 13.3 Å². The van der Waals surface area contributed by atoms with Crippen LogP contribution >= 0.6 is 0 Å². The van der Waals surface area contributed by atoms with Crippen LogP contribution in [0.1, 0.15) is 32.5 Å². The van der Waals surface area contributed by atoms with Gasteiger partial charge in [-0.3, -0.25) is 4.79 Å². The first-order valence-electron chi connectivity index (χ1n) is 8.05. The van der Waals surface area contributed by atoms with Crippen LogP contribution in [0, 0.1) is 0 Å². The van der Waals surface area contributed by atoms with Crippen molar-refractivity contribution in [3.8, 4) is 0 Å². The zero-order valence-corrected chi connectivity index (χ0v) is 14.4. The molecule has 1 N–H and O–H groups in total. The number of anilines is 1. The van der Waals surface area contributed by atoms with Crippen LogP contribution in [0.2, 0.25) is 0 Å². The summed E-state index contributed by atoms with van der Waals surface area (Å²) in [5, 5.41) is 2.98. The van der Waals surface area contributed by atoms with Gasteiger partial charge in [-0.15, -0.1) is 0 Å². The first-order chi connectivity index (χ1) is 11.8. The zero-order valence-electron chi connectivity index (χ0n) is 14.4. The number of alkyl halides is 3. The number of aryl methyl sites for hydroxylation is 1. The number of amides is 1. The largest absolute Gasteiger partial charge is 0.449 e. The quantitative estimate of drug-likeness (QED) is 0.770. The Morgan fingerprint density at radius 3 is 2.64 bits per heavy atom. The van der Waals surface area contributed by atoms with E-state index in [1.54, 1.807) is 25.8 Å². The summed E-state index contributed by atoms with van der Waals surface area (Å²) in [5.74, 6) is -0.685. The minimum Gasteiger partial charge on any atom is -0.368 e. The molecule has 0 saturated carbocycles. The van der Waals surface area contributed by atoms with Crippen molar-refractivity contribution in [1.82, 2.24) is 24.4 Å². The molecule has 0 unspecified atom stereocenters. The maximum atomic E-state index is 13.1. The van der Waals surface area contributed by atoms with E-state index in [-0.39, 0.29) is 29.4 Å². The standard InChI is InChI=1S/C15H21F3N6O/c1-4-10(25)23(3)8-6-7-19-12-11-13(21-9-20-12)24(5-2)14(22-11)15(16,17)18/h9H,4-8H2,1-3H3,(H,19,20,21). The number of hydrogen-bond acceptors (Lipinski definition) is 5. The second kappa shape index (κ2) is 7.66. The zero-order chi connectivity index (χ0) is 18.6. The second-order valence-corrected chi connectivity index (χ2v) is 5.52. The van der Waals surface area contributed by atoms with Crippen LogP contribution in [0.3, 0.4) is 0 Å². The predicted octanol–water partition coefficient (Wildman–Crippen LogP) is 2.54. The number of hydrogen-bond donors (Lipinski definition) is 1. The SMILES string of the molecule is CCC(=O)N(C)CCCNc1ncnc2c1nc(C(F)(F)F)n2CC. The Labute approximate surface area is 143 Å². The third kappa shape index (κ3) is 4.18. The number of halogens is 3. The first-order valence-corrected chi connectivity index (χ1v) is 8.05. The summed E-state index contributed by atoms with van der Waals surface area (Å²) in [4.78, 5) is 24.7. The molecule has 2 aromatic heterocycles. The monoisotopic (exact) mass is 358 g/mol. The molecule has 25 heavy (non-hydrogen) atoms. The summed E-state index contributed by atoms with van der Waals surface area (Å²) in [6.45, 7) is 4.49. The van der Waals surface area contributed by atoms with E-state index in [2.05, 4.69) is 20.3 Å². The molecular weight excluding hydrogens is 337 g/mol. The normalized spacial score (nSPS) is 11.8. The molecule has 2 heterocycles. The molecule has 0 aliphatic carbocycles. The van der Waals surface area contributed by atoms with Gasteiger partial charge in [0.25, 0.3) is 0 Å². The summed E-state index contributed by atoms with van der Waals surface area (Å²) in [6.07, 6.45) is -2.28. The van der Waals surface area contributed by atoms with Crippen molar-refractivity contribution in [3.05, 3.63) is 12.2 Å². The van der Waals surface area contributed by atoms with Crippen molar-refractivity contribution >= 4 is 22.9 Å². The van der Waals surface area contributed by atoms with Crippen LogP contribution in [-0.2, 0) is 17.5 Å². The van der Waals surface area contributed by atoms with Gasteiger partial charge >= 0.3 is 6.18 Å². The number of aromatic nitrogens is 4. The van der Waals surface area contributed by atoms with Crippen LogP contribution in [0.15, 0.2) is 6.33 Å². The Morgan fingerprint density at radius 2 is 2.04 bits per heavy atom. The second-order valence-electron chi connectivity index (χ2n) is 5.52. The van der Waals surface area contributed by atoms with E-state index in [1.165, 1.54) is 6.33 Å². The molecule has 1 amide bonds. The van der Waals surface area contributed by atoms with E-state index in [0.29, 0.717) is 25.9 Å². The summed E-state index contributed by atoms with van der Waals surface area (Å²) in [5.41, 5.74) is 0.236. The van der Waals surface area contributed by atoms with E-state index in [0.717, 1.165) is 4.57 Å². The summed E-state index contributed by atoms with van der Waals surface area (Å²) < 4.78 is 40.4. The van der Waals surface area contributed by atoms with Crippen molar-refractivity contribution in [2.75, 3.05) is 25.5 Å². The molecule has 0 radical (unpaired) electrons. The fourth-order valence-corrected chi connectivity index (χ4v) is 2.50. The van der Waals surface area contributed by atoms with Gasteiger partial charge in [0, 0.05) is 33.1 Å². The van der Waals surface area contributed by atoms with E-state index in [1.807, 2.05) is 0 Å². The number of imidazole rings is 1. The minimum absolute atomic E-state index is 0.0425. The summed E-state index contributed by atoms with van der Waals surface area (Å²) >= 11 is 0. The maximum Gasteiger partial charge on any atom is 0.449 e. The number of rotatable bonds is 7. The van der Waals surface area contributed by atoms with Gasteiger partial charge in [0.05, 0.1) is 0 Å². The molecule has 10 heteroatoms. The molecule has 0 saturated heterocycles. The lowest BCUT2D eigenvalue weighted by atomic mass is 10.3. The highest BCUT2D eigenvalue weighted by Crippen LogP contribution is 2.32. The molecule has 0 aliphatic heterocycles. The molecule has 0 aromatic carbocycles. The van der Waals surface area contributed by atoms with Gasteiger partial charge in [-0.2, -0.15) is 13.2 Å². The fraction of sp³-hybridized carbons (Fsp3) is 0.600. The third-order valence-electron chi connectivity index (χ3n) is 3.79. The van der Waals surface area contributed by atoms with Gasteiger partial charge in [0.2, 0.25) is 11.7 Å². The van der Waals surface area contributed by atoms with Crippen LogP contribution in [0.4, 0.5) is 19.0 Å².